The lowest BCUT2D eigenvalue weighted by atomic mass is 9.95. The number of hydrogen-bond donors (Lipinski definition) is 1. The Morgan fingerprint density at radius 1 is 0.885 bits per heavy atom. The summed E-state index contributed by atoms with van der Waals surface area (Å²) < 4.78 is 1.75. The minimum Gasteiger partial charge on any atom is -0.505 e. The van der Waals surface area contributed by atoms with Crippen molar-refractivity contribution in [3.63, 3.8) is 0 Å². The molecule has 3 rings (SSSR count). The van der Waals surface area contributed by atoms with E-state index < -0.39 is 0 Å². The smallest absolute Gasteiger partial charge is 0.144 e. The molecule has 1 heterocycles. The van der Waals surface area contributed by atoms with Crippen LogP contribution in [0.4, 0.5) is 0 Å². The van der Waals surface area contributed by atoms with Gasteiger partial charge in [0.15, 0.2) is 0 Å². The fourth-order valence-corrected chi connectivity index (χ4v) is 3.51. The fraction of sp³-hybridized carbons (Fsp3) is 0.455. The van der Waals surface area contributed by atoms with Gasteiger partial charge in [-0.15, -0.1) is 5.10 Å². The average Bonchev–Trinajstić information content (AvgIpc) is 3.08. The van der Waals surface area contributed by atoms with Gasteiger partial charge in [0.25, 0.3) is 0 Å². The Morgan fingerprint density at radius 3 is 2.38 bits per heavy atom. The number of phenols is 1. The molecule has 4 nitrogen and oxygen atoms in total. The molecular formula is C22H29N3O. The Bertz CT molecular complexity index is 854. The summed E-state index contributed by atoms with van der Waals surface area (Å²) in [7, 11) is 0. The Morgan fingerprint density at radius 2 is 1.62 bits per heavy atom. The Kier molecular flexibility index (Phi) is 6.26. The maximum Gasteiger partial charge on any atom is 0.144 e. The zero-order valence-electron chi connectivity index (χ0n) is 15.9. The lowest BCUT2D eigenvalue weighted by Gasteiger charge is -2.15. The molecule has 1 aromatic heterocycles. The van der Waals surface area contributed by atoms with Crippen molar-refractivity contribution < 1.29 is 5.11 Å². The number of benzene rings is 2. The molecule has 0 spiro atoms. The van der Waals surface area contributed by atoms with Gasteiger partial charge in [0.05, 0.1) is 5.52 Å². The van der Waals surface area contributed by atoms with Crippen LogP contribution in [0.15, 0.2) is 36.4 Å². The van der Waals surface area contributed by atoms with E-state index in [0.29, 0.717) is 5.75 Å². The first-order valence-corrected chi connectivity index (χ1v) is 9.90. The first-order valence-electron chi connectivity index (χ1n) is 9.90. The first-order chi connectivity index (χ1) is 12.8. The standard InChI is InChI=1S/C22H29N3O/c1-3-5-7-11-17-15-16-21(22(26)18(17)12-8-6-4-2)25-20-14-10-9-13-19(20)23-24-25/h9-10,13-16,26H,3-8,11-12H2,1-2H3. The van der Waals surface area contributed by atoms with E-state index in [1.165, 1.54) is 37.7 Å². The van der Waals surface area contributed by atoms with Gasteiger partial charge in [-0.25, -0.2) is 4.68 Å². The molecule has 0 bridgehead atoms. The van der Waals surface area contributed by atoms with Crippen LogP contribution < -0.4 is 0 Å². The highest BCUT2D eigenvalue weighted by molar-refractivity contribution is 5.76. The molecule has 3 aromatic rings. The quantitative estimate of drug-likeness (QED) is 0.511. The molecule has 0 amide bonds. The van der Waals surface area contributed by atoms with Gasteiger partial charge in [0.2, 0.25) is 0 Å². The van der Waals surface area contributed by atoms with Crippen molar-refractivity contribution in [1.29, 1.82) is 0 Å². The average molecular weight is 351 g/mol. The van der Waals surface area contributed by atoms with E-state index in [9.17, 15) is 5.11 Å². The number of aryl methyl sites for hydroxylation is 1. The van der Waals surface area contributed by atoms with Crippen LogP contribution in [0.25, 0.3) is 16.7 Å². The number of rotatable bonds is 9. The van der Waals surface area contributed by atoms with E-state index in [1.807, 2.05) is 30.3 Å². The summed E-state index contributed by atoms with van der Waals surface area (Å²) in [6, 6.07) is 12.0. The third-order valence-corrected chi connectivity index (χ3v) is 5.02. The molecule has 0 unspecified atom stereocenters. The Labute approximate surface area is 155 Å². The van der Waals surface area contributed by atoms with Gasteiger partial charge >= 0.3 is 0 Å². The molecule has 4 heteroatoms. The molecule has 0 atom stereocenters. The zero-order valence-corrected chi connectivity index (χ0v) is 15.9. The number of hydrogen-bond acceptors (Lipinski definition) is 3. The number of para-hydroxylation sites is 1. The molecule has 0 saturated carbocycles. The number of nitrogens with zero attached hydrogens (tertiary/aromatic N) is 3. The minimum absolute atomic E-state index is 0.366. The highest BCUT2D eigenvalue weighted by Crippen LogP contribution is 2.32. The van der Waals surface area contributed by atoms with Crippen molar-refractivity contribution >= 4 is 11.0 Å². The summed E-state index contributed by atoms with van der Waals surface area (Å²) in [5.41, 5.74) is 4.85. The van der Waals surface area contributed by atoms with E-state index in [1.54, 1.807) is 4.68 Å². The molecular weight excluding hydrogens is 322 g/mol. The van der Waals surface area contributed by atoms with Crippen LogP contribution in [0, 0.1) is 0 Å². The molecule has 0 aliphatic heterocycles. The van der Waals surface area contributed by atoms with Crippen LogP contribution in [0.5, 0.6) is 5.75 Å². The normalized spacial score (nSPS) is 11.3. The van der Waals surface area contributed by atoms with E-state index >= 15 is 0 Å². The van der Waals surface area contributed by atoms with Gasteiger partial charge < -0.3 is 5.11 Å². The lowest BCUT2D eigenvalue weighted by Crippen LogP contribution is -2.03. The van der Waals surface area contributed by atoms with Crippen molar-refractivity contribution in [3.8, 4) is 11.4 Å². The van der Waals surface area contributed by atoms with Crippen LogP contribution in [-0.4, -0.2) is 20.1 Å². The molecule has 0 aliphatic rings. The topological polar surface area (TPSA) is 50.9 Å². The van der Waals surface area contributed by atoms with Crippen LogP contribution in [0.1, 0.15) is 63.5 Å². The fourth-order valence-electron chi connectivity index (χ4n) is 3.51. The van der Waals surface area contributed by atoms with Gasteiger partial charge in [0, 0.05) is 0 Å². The summed E-state index contributed by atoms with van der Waals surface area (Å²) >= 11 is 0. The second-order valence-corrected chi connectivity index (χ2v) is 6.98. The highest BCUT2D eigenvalue weighted by atomic mass is 16.3. The third kappa shape index (κ3) is 3.90. The first kappa shape index (κ1) is 18.4. The van der Waals surface area contributed by atoms with Crippen molar-refractivity contribution in [3.05, 3.63) is 47.5 Å². The molecule has 1 N–H and O–H groups in total. The minimum atomic E-state index is 0.366. The molecule has 138 valence electrons. The van der Waals surface area contributed by atoms with Crippen molar-refractivity contribution in [2.75, 3.05) is 0 Å². The Hall–Kier alpha value is -2.36. The van der Waals surface area contributed by atoms with Gasteiger partial charge in [0.1, 0.15) is 17.0 Å². The van der Waals surface area contributed by atoms with Gasteiger partial charge in [-0.05, 0) is 55.0 Å². The third-order valence-electron chi connectivity index (χ3n) is 5.02. The summed E-state index contributed by atoms with van der Waals surface area (Å²) in [6.45, 7) is 4.43. The maximum absolute atomic E-state index is 11.1. The predicted octanol–water partition coefficient (Wildman–Crippen LogP) is 5.59. The van der Waals surface area contributed by atoms with E-state index in [-0.39, 0.29) is 0 Å². The van der Waals surface area contributed by atoms with Crippen LogP contribution >= 0.6 is 0 Å². The maximum atomic E-state index is 11.1. The van der Waals surface area contributed by atoms with E-state index in [4.69, 9.17) is 0 Å². The molecule has 0 aliphatic carbocycles. The number of unbranched alkanes of at least 4 members (excludes halogenated alkanes) is 4. The molecule has 0 saturated heterocycles. The second kappa shape index (κ2) is 8.84. The molecule has 0 radical (unpaired) electrons. The summed E-state index contributed by atoms with van der Waals surface area (Å²) in [5.74, 6) is 0.366. The van der Waals surface area contributed by atoms with Crippen LogP contribution in [-0.2, 0) is 12.8 Å². The second-order valence-electron chi connectivity index (χ2n) is 6.98. The number of aromatic hydroxyl groups is 1. The predicted molar refractivity (Wildman–Crippen MR) is 107 cm³/mol. The van der Waals surface area contributed by atoms with Gasteiger partial charge in [-0.3, -0.25) is 0 Å². The lowest BCUT2D eigenvalue weighted by molar-refractivity contribution is 0.460. The molecule has 0 fully saturated rings. The van der Waals surface area contributed by atoms with Crippen molar-refractivity contribution in [2.45, 2.75) is 65.2 Å². The monoisotopic (exact) mass is 351 g/mol. The number of fused-ring (bicyclic) bond motifs is 1. The van der Waals surface area contributed by atoms with Crippen LogP contribution in [0.2, 0.25) is 0 Å². The van der Waals surface area contributed by atoms with Gasteiger partial charge in [-0.2, -0.15) is 0 Å². The highest BCUT2D eigenvalue weighted by Gasteiger charge is 2.16. The largest absolute Gasteiger partial charge is 0.505 e. The number of aromatic nitrogens is 3. The van der Waals surface area contributed by atoms with E-state index in [2.05, 4.69) is 30.2 Å². The van der Waals surface area contributed by atoms with Gasteiger partial charge in [-0.1, -0.05) is 62.9 Å². The zero-order chi connectivity index (χ0) is 18.4. The van der Waals surface area contributed by atoms with Crippen LogP contribution in [0.3, 0.4) is 0 Å². The van der Waals surface area contributed by atoms with E-state index in [0.717, 1.165) is 41.5 Å². The van der Waals surface area contributed by atoms with Crippen molar-refractivity contribution in [2.24, 2.45) is 0 Å². The number of phenolic OH excluding ortho intramolecular Hbond substituents is 1. The van der Waals surface area contributed by atoms with Crippen molar-refractivity contribution in [1.82, 2.24) is 15.0 Å². The molecule has 26 heavy (non-hydrogen) atoms. The Balaban J connectivity index is 1.99. The summed E-state index contributed by atoms with van der Waals surface area (Å²) in [6.07, 6.45) is 9.02. The summed E-state index contributed by atoms with van der Waals surface area (Å²) in [5, 5.41) is 19.6. The summed E-state index contributed by atoms with van der Waals surface area (Å²) in [4.78, 5) is 0. The SMILES string of the molecule is CCCCCc1ccc(-n2nnc3ccccc32)c(O)c1CCCCC. The molecule has 2 aromatic carbocycles.